The van der Waals surface area contributed by atoms with E-state index in [9.17, 15) is 0 Å². The molecule has 4 nitrogen and oxygen atoms in total. The lowest BCUT2D eigenvalue weighted by molar-refractivity contribution is 0.276. The number of nitrogens with zero attached hydrogens (tertiary/aromatic N) is 2. The molecular weight excluding hydrogens is 216 g/mol. The van der Waals surface area contributed by atoms with Crippen molar-refractivity contribution in [3.05, 3.63) is 48.0 Å². The van der Waals surface area contributed by atoms with Crippen LogP contribution in [0.5, 0.6) is 5.75 Å². The molecule has 90 valence electrons. The van der Waals surface area contributed by atoms with Crippen LogP contribution in [0.2, 0.25) is 0 Å². The number of aliphatic hydroxyl groups excluding tert-OH is 1. The summed E-state index contributed by atoms with van der Waals surface area (Å²) in [7, 11) is 0. The van der Waals surface area contributed by atoms with Crippen molar-refractivity contribution in [3.63, 3.8) is 0 Å². The smallest absolute Gasteiger partial charge is 0.130 e. The average molecular weight is 232 g/mol. The predicted molar refractivity (Wildman–Crippen MR) is 64.6 cm³/mol. The first-order valence-corrected chi connectivity index (χ1v) is 5.65. The van der Waals surface area contributed by atoms with Crippen LogP contribution >= 0.6 is 0 Å². The molecule has 1 heterocycles. The summed E-state index contributed by atoms with van der Waals surface area (Å²) in [5.41, 5.74) is 1.90. The van der Waals surface area contributed by atoms with Gasteiger partial charge in [0.25, 0.3) is 0 Å². The number of ether oxygens (including phenoxy) is 1. The van der Waals surface area contributed by atoms with Crippen molar-refractivity contribution >= 4 is 0 Å². The number of rotatable bonds is 5. The highest BCUT2D eigenvalue weighted by Gasteiger charge is 2.02. The van der Waals surface area contributed by atoms with Gasteiger partial charge in [0, 0.05) is 6.54 Å². The molecule has 4 heteroatoms. The lowest BCUT2D eigenvalue weighted by atomic mass is 10.2. The second kappa shape index (κ2) is 5.50. The van der Waals surface area contributed by atoms with Gasteiger partial charge in [0.15, 0.2) is 0 Å². The molecule has 2 aromatic rings. The van der Waals surface area contributed by atoms with E-state index in [1.807, 2.05) is 28.8 Å². The zero-order valence-electron chi connectivity index (χ0n) is 9.84. The quantitative estimate of drug-likeness (QED) is 0.857. The first kappa shape index (κ1) is 11.7. The Morgan fingerprint density at radius 1 is 1.41 bits per heavy atom. The Labute approximate surface area is 100 Å². The van der Waals surface area contributed by atoms with E-state index >= 15 is 0 Å². The molecule has 0 bridgehead atoms. The molecule has 1 aromatic heterocycles. The third-order valence-corrected chi connectivity index (χ3v) is 2.61. The van der Waals surface area contributed by atoms with Crippen LogP contribution in [0.1, 0.15) is 18.2 Å². The highest BCUT2D eigenvalue weighted by atomic mass is 16.5. The van der Waals surface area contributed by atoms with E-state index in [0.29, 0.717) is 6.61 Å². The summed E-state index contributed by atoms with van der Waals surface area (Å²) in [4.78, 5) is 4.08. The Hall–Kier alpha value is -1.81. The summed E-state index contributed by atoms with van der Waals surface area (Å²) < 4.78 is 7.70. The summed E-state index contributed by atoms with van der Waals surface area (Å²) in [6.07, 6.45) is 3.60. The number of benzene rings is 1. The van der Waals surface area contributed by atoms with E-state index in [4.69, 9.17) is 9.84 Å². The standard InChI is InChI=1S/C13H16N2O2/c1-2-15-10-14-7-12(15)9-17-13-5-3-4-11(6-13)8-16/h3-7,10,16H,2,8-9H2,1H3. The van der Waals surface area contributed by atoms with Crippen LogP contribution in [-0.2, 0) is 19.8 Å². The fourth-order valence-corrected chi connectivity index (χ4v) is 1.64. The first-order valence-electron chi connectivity index (χ1n) is 5.65. The van der Waals surface area contributed by atoms with Gasteiger partial charge in [0.05, 0.1) is 24.8 Å². The lowest BCUT2D eigenvalue weighted by Gasteiger charge is -2.08. The zero-order chi connectivity index (χ0) is 12.1. The van der Waals surface area contributed by atoms with Crippen LogP contribution in [0.3, 0.4) is 0 Å². The Kier molecular flexibility index (Phi) is 3.77. The van der Waals surface area contributed by atoms with Crippen molar-refractivity contribution in [2.75, 3.05) is 0 Å². The van der Waals surface area contributed by atoms with Gasteiger partial charge in [-0.15, -0.1) is 0 Å². The SMILES string of the molecule is CCn1cncc1COc1cccc(CO)c1. The molecule has 0 amide bonds. The molecule has 0 saturated carbocycles. The van der Waals surface area contributed by atoms with Gasteiger partial charge in [-0.1, -0.05) is 12.1 Å². The summed E-state index contributed by atoms with van der Waals surface area (Å²) in [5, 5.41) is 9.03. The Balaban J connectivity index is 2.02. The molecule has 0 aliphatic rings. The summed E-state index contributed by atoms with van der Waals surface area (Å²) in [5.74, 6) is 0.764. The van der Waals surface area contributed by atoms with Gasteiger partial charge in [-0.25, -0.2) is 4.98 Å². The minimum atomic E-state index is 0.0318. The van der Waals surface area contributed by atoms with Gasteiger partial charge in [0.2, 0.25) is 0 Å². The van der Waals surface area contributed by atoms with Crippen LogP contribution in [0.25, 0.3) is 0 Å². The van der Waals surface area contributed by atoms with Crippen molar-refractivity contribution < 1.29 is 9.84 Å². The molecular formula is C13H16N2O2. The van der Waals surface area contributed by atoms with Gasteiger partial charge in [-0.3, -0.25) is 0 Å². The zero-order valence-corrected chi connectivity index (χ0v) is 9.84. The lowest BCUT2D eigenvalue weighted by Crippen LogP contribution is -2.03. The molecule has 0 aliphatic carbocycles. The van der Waals surface area contributed by atoms with Gasteiger partial charge in [-0.05, 0) is 24.6 Å². The van der Waals surface area contributed by atoms with E-state index in [1.165, 1.54) is 0 Å². The van der Waals surface area contributed by atoms with Crippen LogP contribution in [0, 0.1) is 0 Å². The average Bonchev–Trinajstić information content (AvgIpc) is 2.84. The summed E-state index contributed by atoms with van der Waals surface area (Å²) in [6.45, 7) is 3.47. The van der Waals surface area contributed by atoms with Crippen LogP contribution in [-0.4, -0.2) is 14.7 Å². The van der Waals surface area contributed by atoms with Crippen molar-refractivity contribution in [1.29, 1.82) is 0 Å². The van der Waals surface area contributed by atoms with E-state index in [0.717, 1.165) is 23.6 Å². The third-order valence-electron chi connectivity index (χ3n) is 2.61. The van der Waals surface area contributed by atoms with Crippen molar-refractivity contribution in [1.82, 2.24) is 9.55 Å². The minimum Gasteiger partial charge on any atom is -0.487 e. The van der Waals surface area contributed by atoms with E-state index in [-0.39, 0.29) is 6.61 Å². The van der Waals surface area contributed by atoms with Crippen molar-refractivity contribution in [2.45, 2.75) is 26.7 Å². The molecule has 1 N–H and O–H groups in total. The maximum atomic E-state index is 9.03. The van der Waals surface area contributed by atoms with Crippen molar-refractivity contribution in [3.8, 4) is 5.75 Å². The third kappa shape index (κ3) is 2.85. The summed E-state index contributed by atoms with van der Waals surface area (Å²) >= 11 is 0. The molecule has 0 saturated heterocycles. The van der Waals surface area contributed by atoms with Gasteiger partial charge >= 0.3 is 0 Å². The predicted octanol–water partition coefficient (Wildman–Crippen LogP) is 1.97. The van der Waals surface area contributed by atoms with E-state index in [1.54, 1.807) is 12.5 Å². The molecule has 0 atom stereocenters. The maximum absolute atomic E-state index is 9.03. The summed E-state index contributed by atoms with van der Waals surface area (Å²) in [6, 6.07) is 7.46. The minimum absolute atomic E-state index is 0.0318. The maximum Gasteiger partial charge on any atom is 0.130 e. The molecule has 2 rings (SSSR count). The van der Waals surface area contributed by atoms with Crippen LogP contribution < -0.4 is 4.74 Å². The highest BCUT2D eigenvalue weighted by Crippen LogP contribution is 2.15. The Morgan fingerprint density at radius 2 is 2.29 bits per heavy atom. The second-order valence-electron chi connectivity index (χ2n) is 3.77. The molecule has 1 aromatic carbocycles. The number of hydrogen-bond acceptors (Lipinski definition) is 3. The normalized spacial score (nSPS) is 10.5. The highest BCUT2D eigenvalue weighted by molar-refractivity contribution is 5.28. The number of aliphatic hydroxyl groups is 1. The Morgan fingerprint density at radius 3 is 3.06 bits per heavy atom. The van der Waals surface area contributed by atoms with Crippen LogP contribution in [0.15, 0.2) is 36.8 Å². The van der Waals surface area contributed by atoms with Gasteiger partial charge < -0.3 is 14.4 Å². The van der Waals surface area contributed by atoms with Crippen molar-refractivity contribution in [2.24, 2.45) is 0 Å². The molecule has 0 spiro atoms. The van der Waals surface area contributed by atoms with Gasteiger partial charge in [-0.2, -0.15) is 0 Å². The second-order valence-corrected chi connectivity index (χ2v) is 3.77. The molecule has 0 aliphatic heterocycles. The molecule has 17 heavy (non-hydrogen) atoms. The number of aryl methyl sites for hydroxylation is 1. The fourth-order valence-electron chi connectivity index (χ4n) is 1.64. The monoisotopic (exact) mass is 232 g/mol. The van der Waals surface area contributed by atoms with Crippen LogP contribution in [0.4, 0.5) is 0 Å². The van der Waals surface area contributed by atoms with E-state index < -0.39 is 0 Å². The van der Waals surface area contributed by atoms with Gasteiger partial charge in [0.1, 0.15) is 12.4 Å². The first-order chi connectivity index (χ1) is 8.33. The van der Waals surface area contributed by atoms with E-state index in [2.05, 4.69) is 11.9 Å². The molecule has 0 fully saturated rings. The number of imidazole rings is 1. The topological polar surface area (TPSA) is 47.3 Å². The molecule has 0 unspecified atom stereocenters. The Bertz CT molecular complexity index is 480. The molecule has 0 radical (unpaired) electrons. The number of aromatic nitrogens is 2. The largest absolute Gasteiger partial charge is 0.487 e. The number of hydrogen-bond donors (Lipinski definition) is 1. The fraction of sp³-hybridized carbons (Fsp3) is 0.308.